The van der Waals surface area contributed by atoms with Crippen molar-refractivity contribution in [1.82, 2.24) is 5.43 Å². The van der Waals surface area contributed by atoms with E-state index in [1.165, 1.54) is 5.56 Å². The maximum absolute atomic E-state index is 11.8. The first-order valence-corrected chi connectivity index (χ1v) is 7.35. The van der Waals surface area contributed by atoms with Gasteiger partial charge < -0.3 is 10.1 Å². The minimum absolute atomic E-state index is 0.170. The van der Waals surface area contributed by atoms with Crippen LogP contribution in [0, 0.1) is 13.8 Å². The Morgan fingerprint density at radius 2 is 1.91 bits per heavy atom. The van der Waals surface area contributed by atoms with Gasteiger partial charge in [-0.15, -0.1) is 0 Å². The average Bonchev–Trinajstić information content (AvgIpc) is 2.54. The second-order valence-corrected chi connectivity index (χ2v) is 5.24. The van der Waals surface area contributed by atoms with Crippen LogP contribution in [0.5, 0.6) is 5.75 Å². The molecule has 5 heteroatoms. The molecule has 0 saturated carbocycles. The van der Waals surface area contributed by atoms with Crippen LogP contribution in [0.2, 0.25) is 0 Å². The van der Waals surface area contributed by atoms with Crippen molar-refractivity contribution in [3.63, 3.8) is 0 Å². The normalized spacial score (nSPS) is 10.6. The Morgan fingerprint density at radius 1 is 1.17 bits per heavy atom. The molecule has 0 aromatic heterocycles. The zero-order valence-corrected chi connectivity index (χ0v) is 13.6. The van der Waals surface area contributed by atoms with Crippen molar-refractivity contribution in [2.75, 3.05) is 19.0 Å². The third-order valence-corrected chi connectivity index (χ3v) is 3.34. The van der Waals surface area contributed by atoms with Gasteiger partial charge >= 0.3 is 0 Å². The molecule has 2 rings (SSSR count). The number of hydrazone groups is 1. The number of anilines is 1. The summed E-state index contributed by atoms with van der Waals surface area (Å²) < 4.78 is 5.08. The molecule has 0 heterocycles. The number of carbonyl (C=O) groups excluding carboxylic acids is 1. The number of methoxy groups -OCH3 is 1. The molecule has 1 amide bonds. The molecule has 2 N–H and O–H groups in total. The summed E-state index contributed by atoms with van der Waals surface area (Å²) in [6, 6.07) is 13.5. The molecule has 0 radical (unpaired) electrons. The summed E-state index contributed by atoms with van der Waals surface area (Å²) in [6.07, 6.45) is 1.59. The number of nitrogens with zero attached hydrogens (tertiary/aromatic N) is 1. The van der Waals surface area contributed by atoms with Gasteiger partial charge in [-0.05, 0) is 55.3 Å². The Bertz CT molecular complexity index is 694. The molecule has 0 aliphatic carbocycles. The van der Waals surface area contributed by atoms with Gasteiger partial charge in [0, 0.05) is 5.69 Å². The number of amides is 1. The van der Waals surface area contributed by atoms with E-state index >= 15 is 0 Å². The number of rotatable bonds is 6. The van der Waals surface area contributed by atoms with Crippen LogP contribution >= 0.6 is 0 Å². The van der Waals surface area contributed by atoms with Crippen LogP contribution in [0.3, 0.4) is 0 Å². The fourth-order valence-corrected chi connectivity index (χ4v) is 2.10. The highest BCUT2D eigenvalue weighted by Gasteiger charge is 2.02. The van der Waals surface area contributed by atoms with E-state index in [-0.39, 0.29) is 12.5 Å². The van der Waals surface area contributed by atoms with E-state index in [1.807, 2.05) is 50.2 Å². The number of nitrogens with one attached hydrogen (secondary N) is 2. The maximum atomic E-state index is 11.8. The molecule has 120 valence electrons. The van der Waals surface area contributed by atoms with Gasteiger partial charge in [0.05, 0.1) is 19.9 Å². The molecule has 0 saturated heterocycles. The molecule has 2 aromatic rings. The Labute approximate surface area is 136 Å². The highest BCUT2D eigenvalue weighted by Crippen LogP contribution is 2.15. The quantitative estimate of drug-likeness (QED) is 0.637. The molecule has 0 spiro atoms. The largest absolute Gasteiger partial charge is 0.497 e. The molecule has 2 aromatic carbocycles. The van der Waals surface area contributed by atoms with Gasteiger partial charge in [-0.1, -0.05) is 17.7 Å². The lowest BCUT2D eigenvalue weighted by atomic mass is 10.1. The lowest BCUT2D eigenvalue weighted by Crippen LogP contribution is -2.26. The predicted molar refractivity (Wildman–Crippen MR) is 93.1 cm³/mol. The van der Waals surface area contributed by atoms with Crippen molar-refractivity contribution < 1.29 is 9.53 Å². The van der Waals surface area contributed by atoms with Crippen LogP contribution < -0.4 is 15.5 Å². The molecule has 0 unspecified atom stereocenters. The van der Waals surface area contributed by atoms with Crippen molar-refractivity contribution in [3.05, 3.63) is 59.2 Å². The number of benzene rings is 2. The van der Waals surface area contributed by atoms with Crippen molar-refractivity contribution in [2.24, 2.45) is 5.10 Å². The Kier molecular flexibility index (Phi) is 5.74. The highest BCUT2D eigenvalue weighted by atomic mass is 16.5. The lowest BCUT2D eigenvalue weighted by molar-refractivity contribution is -0.119. The van der Waals surface area contributed by atoms with Gasteiger partial charge in [0.2, 0.25) is 0 Å². The van der Waals surface area contributed by atoms with Gasteiger partial charge in [-0.3, -0.25) is 4.79 Å². The van der Waals surface area contributed by atoms with Crippen molar-refractivity contribution in [1.29, 1.82) is 0 Å². The fraction of sp³-hybridized carbons (Fsp3) is 0.222. The van der Waals surface area contributed by atoms with Crippen LogP contribution in [0.4, 0.5) is 5.69 Å². The fourth-order valence-electron chi connectivity index (χ4n) is 2.10. The SMILES string of the molecule is COc1ccc(C=NNC(=O)CNc2ccc(C)cc2C)cc1. The Hall–Kier alpha value is -2.82. The van der Waals surface area contributed by atoms with E-state index in [0.29, 0.717) is 0 Å². The van der Waals surface area contributed by atoms with Crippen LogP contribution in [0.1, 0.15) is 16.7 Å². The summed E-state index contributed by atoms with van der Waals surface area (Å²) in [5.74, 6) is 0.582. The molecule has 0 fully saturated rings. The number of ether oxygens (including phenoxy) is 1. The summed E-state index contributed by atoms with van der Waals surface area (Å²) in [7, 11) is 1.62. The molecular weight excluding hydrogens is 290 g/mol. The van der Waals surface area contributed by atoms with Crippen molar-refractivity contribution in [2.45, 2.75) is 13.8 Å². The topological polar surface area (TPSA) is 62.7 Å². The first-order valence-electron chi connectivity index (χ1n) is 7.35. The van der Waals surface area contributed by atoms with Gasteiger partial charge in [0.25, 0.3) is 5.91 Å². The molecule has 0 atom stereocenters. The van der Waals surface area contributed by atoms with E-state index in [4.69, 9.17) is 4.74 Å². The maximum Gasteiger partial charge on any atom is 0.259 e. The number of carbonyl (C=O) groups is 1. The third kappa shape index (κ3) is 5.14. The monoisotopic (exact) mass is 311 g/mol. The zero-order valence-electron chi connectivity index (χ0n) is 13.6. The molecule has 0 aliphatic heterocycles. The molecule has 5 nitrogen and oxygen atoms in total. The second-order valence-electron chi connectivity index (χ2n) is 5.24. The number of aryl methyl sites for hydroxylation is 2. The number of hydrogen-bond donors (Lipinski definition) is 2. The van der Waals surface area contributed by atoms with Crippen LogP contribution in [0.25, 0.3) is 0 Å². The van der Waals surface area contributed by atoms with Gasteiger partial charge in [0.15, 0.2) is 0 Å². The smallest absolute Gasteiger partial charge is 0.259 e. The molecule has 23 heavy (non-hydrogen) atoms. The standard InChI is InChI=1S/C18H21N3O2/c1-13-4-9-17(14(2)10-13)19-12-18(22)21-20-11-15-5-7-16(23-3)8-6-15/h4-11,19H,12H2,1-3H3,(H,21,22). The van der Waals surface area contributed by atoms with E-state index < -0.39 is 0 Å². The first-order chi connectivity index (χ1) is 11.1. The average molecular weight is 311 g/mol. The van der Waals surface area contributed by atoms with E-state index in [1.54, 1.807) is 13.3 Å². The summed E-state index contributed by atoms with van der Waals surface area (Å²) in [6.45, 7) is 4.22. The summed E-state index contributed by atoms with van der Waals surface area (Å²) in [5, 5.41) is 7.04. The third-order valence-electron chi connectivity index (χ3n) is 3.34. The summed E-state index contributed by atoms with van der Waals surface area (Å²) in [5.41, 5.74) is 6.64. The Balaban J connectivity index is 1.81. The van der Waals surface area contributed by atoms with Crippen LogP contribution in [-0.4, -0.2) is 25.8 Å². The summed E-state index contributed by atoms with van der Waals surface area (Å²) >= 11 is 0. The van der Waals surface area contributed by atoms with E-state index in [2.05, 4.69) is 21.9 Å². The van der Waals surface area contributed by atoms with Crippen LogP contribution in [-0.2, 0) is 4.79 Å². The van der Waals surface area contributed by atoms with E-state index in [9.17, 15) is 4.79 Å². The van der Waals surface area contributed by atoms with Gasteiger partial charge in [-0.25, -0.2) is 5.43 Å². The number of hydrogen-bond acceptors (Lipinski definition) is 4. The lowest BCUT2D eigenvalue weighted by Gasteiger charge is -2.09. The minimum atomic E-state index is -0.199. The minimum Gasteiger partial charge on any atom is -0.497 e. The van der Waals surface area contributed by atoms with Crippen molar-refractivity contribution in [3.8, 4) is 5.75 Å². The highest BCUT2D eigenvalue weighted by molar-refractivity contribution is 5.84. The molecule has 0 aliphatic rings. The first kappa shape index (κ1) is 16.5. The zero-order chi connectivity index (χ0) is 16.7. The Morgan fingerprint density at radius 3 is 2.57 bits per heavy atom. The second kappa shape index (κ2) is 7.98. The molecule has 0 bridgehead atoms. The predicted octanol–water partition coefficient (Wildman–Crippen LogP) is 2.87. The summed E-state index contributed by atoms with van der Waals surface area (Å²) in [4.78, 5) is 11.8. The van der Waals surface area contributed by atoms with E-state index in [0.717, 1.165) is 22.6 Å². The van der Waals surface area contributed by atoms with Crippen LogP contribution in [0.15, 0.2) is 47.6 Å². The van der Waals surface area contributed by atoms with Gasteiger partial charge in [0.1, 0.15) is 5.75 Å². The van der Waals surface area contributed by atoms with Crippen molar-refractivity contribution >= 4 is 17.8 Å². The molecular formula is C18H21N3O2. The van der Waals surface area contributed by atoms with Gasteiger partial charge in [-0.2, -0.15) is 5.10 Å².